The second-order valence-corrected chi connectivity index (χ2v) is 6.15. The smallest absolute Gasteiger partial charge is 0.303 e. The van der Waals surface area contributed by atoms with Gasteiger partial charge in [-0.15, -0.1) is 11.6 Å². The highest BCUT2D eigenvalue weighted by Crippen LogP contribution is 2.16. The molecule has 0 aromatic rings. The lowest BCUT2D eigenvalue weighted by Crippen LogP contribution is -2.18. The van der Waals surface area contributed by atoms with Gasteiger partial charge in [0.15, 0.2) is 9.84 Å². The topological polar surface area (TPSA) is 71.4 Å². The Morgan fingerprint density at radius 1 is 1.50 bits per heavy atom. The molecule has 0 aromatic carbocycles. The van der Waals surface area contributed by atoms with Crippen LogP contribution in [0.1, 0.15) is 32.6 Å². The first kappa shape index (κ1) is 13.7. The minimum Gasteiger partial charge on any atom is -0.481 e. The molecular formula is C8H15ClO4S. The Hall–Kier alpha value is -0.290. The van der Waals surface area contributed by atoms with Gasteiger partial charge in [0.2, 0.25) is 0 Å². The Kier molecular flexibility index (Phi) is 6.11. The maximum Gasteiger partial charge on any atom is 0.303 e. The third-order valence-electron chi connectivity index (χ3n) is 1.70. The van der Waals surface area contributed by atoms with Crippen LogP contribution in [-0.4, -0.2) is 30.0 Å². The third kappa shape index (κ3) is 5.44. The SMILES string of the molecule is CCCS(=O)(=O)C(Cl)CCCC(=O)O. The predicted molar refractivity (Wildman–Crippen MR) is 55.2 cm³/mol. The van der Waals surface area contributed by atoms with Gasteiger partial charge in [0.25, 0.3) is 0 Å². The van der Waals surface area contributed by atoms with Gasteiger partial charge < -0.3 is 5.11 Å². The largest absolute Gasteiger partial charge is 0.481 e. The Labute approximate surface area is 89.2 Å². The van der Waals surface area contributed by atoms with Gasteiger partial charge in [0, 0.05) is 6.42 Å². The van der Waals surface area contributed by atoms with Crippen molar-refractivity contribution in [3.63, 3.8) is 0 Å². The van der Waals surface area contributed by atoms with E-state index in [2.05, 4.69) is 0 Å². The molecule has 0 bridgehead atoms. The van der Waals surface area contributed by atoms with Crippen LogP contribution in [0.25, 0.3) is 0 Å². The van der Waals surface area contributed by atoms with Gasteiger partial charge in [-0.25, -0.2) is 8.42 Å². The molecule has 6 heteroatoms. The van der Waals surface area contributed by atoms with E-state index in [4.69, 9.17) is 16.7 Å². The van der Waals surface area contributed by atoms with E-state index in [1.54, 1.807) is 6.92 Å². The second kappa shape index (κ2) is 6.24. The fourth-order valence-electron chi connectivity index (χ4n) is 1.01. The second-order valence-electron chi connectivity index (χ2n) is 3.06. The normalized spacial score (nSPS) is 13.9. The number of rotatable bonds is 7. The maximum atomic E-state index is 11.3. The molecule has 0 saturated heterocycles. The minimum atomic E-state index is -3.24. The Morgan fingerprint density at radius 2 is 2.07 bits per heavy atom. The first-order valence-electron chi connectivity index (χ1n) is 4.47. The van der Waals surface area contributed by atoms with Crippen LogP contribution < -0.4 is 0 Å². The Balaban J connectivity index is 3.95. The summed E-state index contributed by atoms with van der Waals surface area (Å²) in [4.78, 5) is 10.2. The molecule has 0 fully saturated rings. The fraction of sp³-hybridized carbons (Fsp3) is 0.875. The summed E-state index contributed by atoms with van der Waals surface area (Å²) in [6, 6.07) is 0. The van der Waals surface area contributed by atoms with Crippen LogP contribution in [0.15, 0.2) is 0 Å². The summed E-state index contributed by atoms with van der Waals surface area (Å²) < 4.78 is 21.7. The van der Waals surface area contributed by atoms with Crippen LogP contribution in [0, 0.1) is 0 Å². The number of carboxylic acid groups (broad SMARTS) is 1. The molecule has 0 aliphatic carbocycles. The van der Waals surface area contributed by atoms with Crippen LogP contribution in [0.3, 0.4) is 0 Å². The fourth-order valence-corrected chi connectivity index (χ4v) is 2.78. The van der Waals surface area contributed by atoms with Gasteiger partial charge in [-0.05, 0) is 19.3 Å². The van der Waals surface area contributed by atoms with Crippen molar-refractivity contribution < 1.29 is 18.3 Å². The van der Waals surface area contributed by atoms with E-state index in [1.807, 2.05) is 0 Å². The van der Waals surface area contributed by atoms with Gasteiger partial charge in [-0.3, -0.25) is 4.79 Å². The summed E-state index contributed by atoms with van der Waals surface area (Å²) in [5.74, 6) is -0.865. The average molecular weight is 243 g/mol. The molecule has 0 aliphatic rings. The molecule has 1 unspecified atom stereocenters. The maximum absolute atomic E-state index is 11.3. The molecular weight excluding hydrogens is 228 g/mol. The molecule has 0 heterocycles. The summed E-state index contributed by atoms with van der Waals surface area (Å²) in [5.41, 5.74) is 0. The molecule has 4 nitrogen and oxygen atoms in total. The third-order valence-corrected chi connectivity index (χ3v) is 4.72. The molecule has 0 saturated carbocycles. The van der Waals surface area contributed by atoms with Crippen LogP contribution >= 0.6 is 11.6 Å². The number of halogens is 1. The van der Waals surface area contributed by atoms with Gasteiger partial charge in [-0.2, -0.15) is 0 Å². The van der Waals surface area contributed by atoms with Gasteiger partial charge in [-0.1, -0.05) is 6.92 Å². The minimum absolute atomic E-state index is 0.0368. The molecule has 0 spiro atoms. The summed E-state index contributed by atoms with van der Waals surface area (Å²) in [6.07, 6.45) is 0.998. The summed E-state index contributed by atoms with van der Waals surface area (Å²) in [6.45, 7) is 1.76. The average Bonchev–Trinajstić information content (AvgIpc) is 2.03. The molecule has 0 rings (SSSR count). The van der Waals surface area contributed by atoms with E-state index in [1.165, 1.54) is 0 Å². The number of aliphatic carboxylic acids is 1. The number of sulfone groups is 1. The molecule has 0 radical (unpaired) electrons. The van der Waals surface area contributed by atoms with Crippen molar-refractivity contribution in [3.8, 4) is 0 Å². The van der Waals surface area contributed by atoms with Crippen LogP contribution in [-0.2, 0) is 14.6 Å². The number of alkyl halides is 1. The van der Waals surface area contributed by atoms with Crippen molar-refractivity contribution >= 4 is 27.4 Å². The van der Waals surface area contributed by atoms with E-state index in [9.17, 15) is 13.2 Å². The monoisotopic (exact) mass is 242 g/mol. The highest BCUT2D eigenvalue weighted by Gasteiger charge is 2.21. The summed E-state index contributed by atoms with van der Waals surface area (Å²) in [7, 11) is -3.24. The van der Waals surface area contributed by atoms with Crippen LogP contribution in [0.4, 0.5) is 0 Å². The lowest BCUT2D eigenvalue weighted by Gasteiger charge is -2.08. The molecule has 1 N–H and O–H groups in total. The molecule has 1 atom stereocenters. The van der Waals surface area contributed by atoms with E-state index in [0.29, 0.717) is 12.8 Å². The Bertz CT molecular complexity index is 273. The van der Waals surface area contributed by atoms with Crippen LogP contribution in [0.5, 0.6) is 0 Å². The zero-order chi connectivity index (χ0) is 11.2. The number of carboxylic acids is 1. The summed E-state index contributed by atoms with van der Waals surface area (Å²) in [5, 5.41) is 8.34. The highest BCUT2D eigenvalue weighted by molar-refractivity contribution is 7.93. The number of hydrogen-bond acceptors (Lipinski definition) is 3. The van der Waals surface area contributed by atoms with Crippen molar-refractivity contribution in [2.24, 2.45) is 0 Å². The molecule has 0 aliphatic heterocycles. The molecule has 0 aromatic heterocycles. The standard InChI is InChI=1S/C8H15ClO4S/c1-2-6-14(12,13)7(9)4-3-5-8(10)11/h7H,2-6H2,1H3,(H,10,11). The Morgan fingerprint density at radius 3 is 2.50 bits per heavy atom. The van der Waals surface area contributed by atoms with Gasteiger partial charge in [0.1, 0.15) is 4.71 Å². The lowest BCUT2D eigenvalue weighted by molar-refractivity contribution is -0.137. The molecule has 84 valence electrons. The van der Waals surface area contributed by atoms with Crippen molar-refractivity contribution in [2.75, 3.05) is 5.75 Å². The van der Waals surface area contributed by atoms with Crippen molar-refractivity contribution in [1.29, 1.82) is 0 Å². The van der Waals surface area contributed by atoms with E-state index >= 15 is 0 Å². The van der Waals surface area contributed by atoms with Gasteiger partial charge in [0.05, 0.1) is 5.75 Å². The zero-order valence-electron chi connectivity index (χ0n) is 8.07. The van der Waals surface area contributed by atoms with E-state index in [-0.39, 0.29) is 18.6 Å². The lowest BCUT2D eigenvalue weighted by atomic mass is 10.2. The van der Waals surface area contributed by atoms with E-state index < -0.39 is 20.5 Å². The quantitative estimate of drug-likeness (QED) is 0.689. The first-order chi connectivity index (χ1) is 6.40. The van der Waals surface area contributed by atoms with Crippen LogP contribution in [0.2, 0.25) is 0 Å². The van der Waals surface area contributed by atoms with Gasteiger partial charge >= 0.3 is 5.97 Å². The zero-order valence-corrected chi connectivity index (χ0v) is 9.64. The number of carbonyl (C=O) groups is 1. The predicted octanol–water partition coefficient (Wildman–Crippen LogP) is 1.63. The highest BCUT2D eigenvalue weighted by atomic mass is 35.5. The molecule has 14 heavy (non-hydrogen) atoms. The summed E-state index contributed by atoms with van der Waals surface area (Å²) >= 11 is 5.65. The van der Waals surface area contributed by atoms with Crippen molar-refractivity contribution in [1.82, 2.24) is 0 Å². The van der Waals surface area contributed by atoms with Crippen molar-refractivity contribution in [2.45, 2.75) is 37.3 Å². The first-order valence-corrected chi connectivity index (χ1v) is 6.62. The van der Waals surface area contributed by atoms with E-state index in [0.717, 1.165) is 0 Å². The number of hydrogen-bond donors (Lipinski definition) is 1. The van der Waals surface area contributed by atoms with Crippen molar-refractivity contribution in [3.05, 3.63) is 0 Å². The molecule has 0 amide bonds.